The molecule has 3 aromatic rings. The zero-order valence-corrected chi connectivity index (χ0v) is 11.5. The van der Waals surface area contributed by atoms with Gasteiger partial charge in [0.15, 0.2) is 5.75 Å². The van der Waals surface area contributed by atoms with Crippen LogP contribution in [0.4, 0.5) is 0 Å². The summed E-state index contributed by atoms with van der Waals surface area (Å²) in [6, 6.07) is 10.1. The summed E-state index contributed by atoms with van der Waals surface area (Å²) in [6.07, 6.45) is 6.59. The molecule has 0 saturated carbocycles. The SMILES string of the molecule is CCCn1cc(OCc2ccnc3ccccc23)cn1. The van der Waals surface area contributed by atoms with E-state index >= 15 is 0 Å². The highest BCUT2D eigenvalue weighted by atomic mass is 16.5. The molecule has 2 aromatic heterocycles. The van der Waals surface area contributed by atoms with Gasteiger partial charge in [-0.1, -0.05) is 25.1 Å². The molecule has 0 fully saturated rings. The second-order valence-corrected chi connectivity index (χ2v) is 4.72. The maximum absolute atomic E-state index is 5.82. The average molecular weight is 267 g/mol. The molecular weight excluding hydrogens is 250 g/mol. The molecule has 4 nitrogen and oxygen atoms in total. The Labute approximate surface area is 118 Å². The fraction of sp³-hybridized carbons (Fsp3) is 0.250. The van der Waals surface area contributed by atoms with Crippen LogP contribution in [-0.4, -0.2) is 14.8 Å². The topological polar surface area (TPSA) is 39.9 Å². The normalized spacial score (nSPS) is 10.8. The van der Waals surface area contributed by atoms with Crippen molar-refractivity contribution in [1.29, 1.82) is 0 Å². The first-order chi connectivity index (χ1) is 9.86. The van der Waals surface area contributed by atoms with Crippen LogP contribution in [0.15, 0.2) is 48.9 Å². The first-order valence-corrected chi connectivity index (χ1v) is 6.84. The number of pyridine rings is 1. The molecule has 0 unspecified atom stereocenters. The van der Waals surface area contributed by atoms with E-state index in [0.29, 0.717) is 6.61 Å². The van der Waals surface area contributed by atoms with Crippen molar-refractivity contribution in [2.45, 2.75) is 26.5 Å². The van der Waals surface area contributed by atoms with E-state index in [-0.39, 0.29) is 0 Å². The number of hydrogen-bond donors (Lipinski definition) is 0. The van der Waals surface area contributed by atoms with Gasteiger partial charge in [0.2, 0.25) is 0 Å². The molecule has 0 spiro atoms. The Morgan fingerprint density at radius 1 is 1.20 bits per heavy atom. The van der Waals surface area contributed by atoms with E-state index in [0.717, 1.165) is 35.2 Å². The Balaban J connectivity index is 1.76. The highest BCUT2D eigenvalue weighted by molar-refractivity contribution is 5.81. The minimum absolute atomic E-state index is 0.529. The fourth-order valence-electron chi connectivity index (χ4n) is 2.21. The molecule has 0 aliphatic rings. The fourth-order valence-corrected chi connectivity index (χ4v) is 2.21. The van der Waals surface area contributed by atoms with Crippen molar-refractivity contribution in [1.82, 2.24) is 14.8 Å². The lowest BCUT2D eigenvalue weighted by atomic mass is 10.1. The predicted molar refractivity (Wildman–Crippen MR) is 78.6 cm³/mol. The third kappa shape index (κ3) is 2.64. The van der Waals surface area contributed by atoms with Crippen molar-refractivity contribution in [2.24, 2.45) is 0 Å². The quantitative estimate of drug-likeness (QED) is 0.711. The lowest BCUT2D eigenvalue weighted by molar-refractivity contribution is 0.307. The van der Waals surface area contributed by atoms with Crippen LogP contribution in [0.3, 0.4) is 0 Å². The van der Waals surface area contributed by atoms with Crippen LogP contribution in [0, 0.1) is 0 Å². The van der Waals surface area contributed by atoms with Gasteiger partial charge in [0.1, 0.15) is 6.61 Å². The van der Waals surface area contributed by atoms with E-state index in [1.807, 2.05) is 41.3 Å². The highest BCUT2D eigenvalue weighted by Gasteiger charge is 2.04. The molecule has 0 bridgehead atoms. The number of fused-ring (bicyclic) bond motifs is 1. The molecule has 102 valence electrons. The Hall–Kier alpha value is -2.36. The van der Waals surface area contributed by atoms with E-state index < -0.39 is 0 Å². The third-order valence-corrected chi connectivity index (χ3v) is 3.20. The van der Waals surface area contributed by atoms with Crippen molar-refractivity contribution >= 4 is 10.9 Å². The minimum atomic E-state index is 0.529. The smallest absolute Gasteiger partial charge is 0.157 e. The summed E-state index contributed by atoms with van der Waals surface area (Å²) in [5.41, 5.74) is 2.13. The molecule has 1 aromatic carbocycles. The van der Waals surface area contributed by atoms with Crippen LogP contribution in [-0.2, 0) is 13.2 Å². The maximum Gasteiger partial charge on any atom is 0.157 e. The second kappa shape index (κ2) is 5.74. The first kappa shape index (κ1) is 12.7. The largest absolute Gasteiger partial charge is 0.486 e. The summed E-state index contributed by atoms with van der Waals surface area (Å²) in [6.45, 7) is 3.58. The summed E-state index contributed by atoms with van der Waals surface area (Å²) in [5, 5.41) is 5.39. The molecule has 3 rings (SSSR count). The van der Waals surface area contributed by atoms with Crippen LogP contribution in [0.25, 0.3) is 10.9 Å². The molecule has 0 aliphatic carbocycles. The van der Waals surface area contributed by atoms with Crippen molar-refractivity contribution < 1.29 is 4.74 Å². The predicted octanol–water partition coefficient (Wildman–Crippen LogP) is 3.42. The molecule has 2 heterocycles. The number of ether oxygens (including phenoxy) is 1. The molecule has 0 atom stereocenters. The second-order valence-electron chi connectivity index (χ2n) is 4.72. The Morgan fingerprint density at radius 2 is 2.10 bits per heavy atom. The average Bonchev–Trinajstić information content (AvgIpc) is 2.93. The van der Waals surface area contributed by atoms with Crippen LogP contribution < -0.4 is 4.74 Å². The molecule has 0 N–H and O–H groups in total. The zero-order valence-electron chi connectivity index (χ0n) is 11.5. The summed E-state index contributed by atoms with van der Waals surface area (Å²) in [5.74, 6) is 0.805. The molecule has 0 amide bonds. The Morgan fingerprint density at radius 3 is 3.00 bits per heavy atom. The Bertz CT molecular complexity index is 700. The van der Waals surface area contributed by atoms with Gasteiger partial charge in [-0.2, -0.15) is 5.10 Å². The number of rotatable bonds is 5. The number of aromatic nitrogens is 3. The Kier molecular flexibility index (Phi) is 3.63. The van der Waals surface area contributed by atoms with Crippen molar-refractivity contribution in [2.75, 3.05) is 0 Å². The minimum Gasteiger partial charge on any atom is -0.486 e. The van der Waals surface area contributed by atoms with Gasteiger partial charge in [0.25, 0.3) is 0 Å². The van der Waals surface area contributed by atoms with Gasteiger partial charge in [0, 0.05) is 23.7 Å². The van der Waals surface area contributed by atoms with Crippen molar-refractivity contribution in [3.05, 3.63) is 54.5 Å². The van der Waals surface area contributed by atoms with Crippen LogP contribution in [0.2, 0.25) is 0 Å². The molecular formula is C16H17N3O. The molecule has 4 heteroatoms. The summed E-state index contributed by atoms with van der Waals surface area (Å²) >= 11 is 0. The number of hydrogen-bond acceptors (Lipinski definition) is 3. The van der Waals surface area contributed by atoms with Crippen LogP contribution in [0.1, 0.15) is 18.9 Å². The molecule has 20 heavy (non-hydrogen) atoms. The summed E-state index contributed by atoms with van der Waals surface area (Å²) in [4.78, 5) is 4.35. The molecule has 0 radical (unpaired) electrons. The summed E-state index contributed by atoms with van der Waals surface area (Å²) < 4.78 is 7.72. The van der Waals surface area contributed by atoms with E-state index in [1.165, 1.54) is 0 Å². The lowest BCUT2D eigenvalue weighted by Crippen LogP contribution is -1.97. The molecule has 0 saturated heterocycles. The van der Waals surface area contributed by atoms with Gasteiger partial charge in [-0.15, -0.1) is 0 Å². The number of nitrogens with zero attached hydrogens (tertiary/aromatic N) is 3. The van der Waals surface area contributed by atoms with Gasteiger partial charge in [-0.25, -0.2) is 0 Å². The highest BCUT2D eigenvalue weighted by Crippen LogP contribution is 2.18. The number of para-hydroxylation sites is 1. The number of benzene rings is 1. The molecule has 0 aliphatic heterocycles. The standard InChI is InChI=1S/C16H17N3O/c1-2-9-19-11-14(10-18-19)20-12-13-7-8-17-16-6-4-3-5-15(13)16/h3-8,10-11H,2,9,12H2,1H3. The summed E-state index contributed by atoms with van der Waals surface area (Å²) in [7, 11) is 0. The van der Waals surface area contributed by atoms with E-state index in [9.17, 15) is 0 Å². The van der Waals surface area contributed by atoms with Gasteiger partial charge in [-0.05, 0) is 18.6 Å². The lowest BCUT2D eigenvalue weighted by Gasteiger charge is -2.06. The van der Waals surface area contributed by atoms with E-state index in [2.05, 4.69) is 23.1 Å². The van der Waals surface area contributed by atoms with Gasteiger partial charge in [0.05, 0.1) is 17.9 Å². The van der Waals surface area contributed by atoms with Gasteiger partial charge >= 0.3 is 0 Å². The van der Waals surface area contributed by atoms with Gasteiger partial charge in [-0.3, -0.25) is 9.67 Å². The van der Waals surface area contributed by atoms with Gasteiger partial charge < -0.3 is 4.74 Å². The van der Waals surface area contributed by atoms with Crippen molar-refractivity contribution in [3.8, 4) is 5.75 Å². The zero-order chi connectivity index (χ0) is 13.8. The van der Waals surface area contributed by atoms with Crippen LogP contribution in [0.5, 0.6) is 5.75 Å². The first-order valence-electron chi connectivity index (χ1n) is 6.84. The van der Waals surface area contributed by atoms with E-state index in [4.69, 9.17) is 4.74 Å². The van der Waals surface area contributed by atoms with Crippen molar-refractivity contribution in [3.63, 3.8) is 0 Å². The maximum atomic E-state index is 5.82. The van der Waals surface area contributed by atoms with Crippen LogP contribution >= 0.6 is 0 Å². The van der Waals surface area contributed by atoms with E-state index in [1.54, 1.807) is 6.20 Å². The number of aryl methyl sites for hydroxylation is 1. The monoisotopic (exact) mass is 267 g/mol. The third-order valence-electron chi connectivity index (χ3n) is 3.20.